The summed E-state index contributed by atoms with van der Waals surface area (Å²) < 4.78 is 16.2. The number of fused-ring (bicyclic) bond motifs is 1. The molecule has 35 heavy (non-hydrogen) atoms. The fraction of sp³-hybridized carbons (Fsp3) is 0.480. The normalized spacial score (nSPS) is 20.3. The van der Waals surface area contributed by atoms with Crippen molar-refractivity contribution in [1.29, 1.82) is 0 Å². The molecular formula is C25H32N4O5S. The highest BCUT2D eigenvalue weighted by Crippen LogP contribution is 2.46. The number of esters is 1. The van der Waals surface area contributed by atoms with Gasteiger partial charge in [-0.1, -0.05) is 18.7 Å². The van der Waals surface area contributed by atoms with Crippen LogP contribution in [0.4, 0.5) is 0 Å². The molecule has 1 aromatic rings. The molecule has 3 heterocycles. The second-order valence-electron chi connectivity index (χ2n) is 8.61. The average Bonchev–Trinajstić information content (AvgIpc) is 3.28. The number of allylic oxidation sites excluding steroid dienone is 1. The third kappa shape index (κ3) is 5.04. The first kappa shape index (κ1) is 25.1. The molecular weight excluding hydrogens is 468 g/mol. The number of rotatable bonds is 7. The van der Waals surface area contributed by atoms with E-state index in [1.54, 1.807) is 20.3 Å². The summed E-state index contributed by atoms with van der Waals surface area (Å²) in [7, 11) is 6.62. The number of piperazine rings is 1. The molecule has 0 spiro atoms. The number of amides is 1. The number of aliphatic imine (C=N–C) groups is 1. The van der Waals surface area contributed by atoms with Gasteiger partial charge in [0.2, 0.25) is 5.91 Å². The van der Waals surface area contributed by atoms with Crippen LogP contribution in [-0.2, 0) is 14.3 Å². The minimum absolute atomic E-state index is 0.0676. The number of likely N-dealkylation sites (N-methyl/N-ethyl adjacent to an activating group) is 1. The number of nitrogens with zero attached hydrogens (tertiary/aromatic N) is 4. The Morgan fingerprint density at radius 2 is 1.71 bits per heavy atom. The Hall–Kier alpha value is -2.98. The zero-order valence-electron chi connectivity index (χ0n) is 20.9. The Kier molecular flexibility index (Phi) is 7.71. The van der Waals surface area contributed by atoms with Crippen molar-refractivity contribution in [2.45, 2.75) is 25.8 Å². The van der Waals surface area contributed by atoms with Gasteiger partial charge in [0, 0.05) is 37.9 Å². The van der Waals surface area contributed by atoms with E-state index in [1.165, 1.54) is 18.9 Å². The lowest BCUT2D eigenvalue weighted by atomic mass is 9.92. The van der Waals surface area contributed by atoms with Crippen molar-refractivity contribution < 1.29 is 23.8 Å². The molecule has 0 saturated carbocycles. The van der Waals surface area contributed by atoms with Gasteiger partial charge in [-0.25, -0.2) is 9.79 Å². The highest BCUT2D eigenvalue weighted by atomic mass is 32.2. The molecule has 188 valence electrons. The second kappa shape index (κ2) is 10.7. The molecule has 1 aromatic carbocycles. The first-order chi connectivity index (χ1) is 16.9. The Morgan fingerprint density at radius 3 is 2.29 bits per heavy atom. The van der Waals surface area contributed by atoms with Gasteiger partial charge >= 0.3 is 5.97 Å². The fourth-order valence-corrected chi connectivity index (χ4v) is 5.48. The highest BCUT2D eigenvalue weighted by molar-refractivity contribution is 8.16. The molecule has 10 heteroatoms. The molecule has 1 unspecified atom stereocenters. The maximum atomic E-state index is 13.2. The monoisotopic (exact) mass is 500 g/mol. The summed E-state index contributed by atoms with van der Waals surface area (Å²) in [6.07, 6.45) is 0.790. The maximum Gasteiger partial charge on any atom is 0.338 e. The molecule has 1 saturated heterocycles. The van der Waals surface area contributed by atoms with Gasteiger partial charge in [0.05, 0.1) is 45.1 Å². The number of carbonyl (C=O) groups is 2. The molecule has 3 aliphatic heterocycles. The molecule has 0 bridgehead atoms. The smallest absolute Gasteiger partial charge is 0.338 e. The van der Waals surface area contributed by atoms with E-state index in [4.69, 9.17) is 19.2 Å². The summed E-state index contributed by atoms with van der Waals surface area (Å²) in [6.45, 7) is 5.10. The van der Waals surface area contributed by atoms with Crippen LogP contribution >= 0.6 is 11.8 Å². The number of hydrogen-bond acceptors (Lipinski definition) is 9. The lowest BCUT2D eigenvalue weighted by molar-refractivity contribution is -0.136. The average molecular weight is 501 g/mol. The van der Waals surface area contributed by atoms with Gasteiger partial charge in [-0.15, -0.1) is 0 Å². The van der Waals surface area contributed by atoms with Crippen molar-refractivity contribution in [3.63, 3.8) is 0 Å². The van der Waals surface area contributed by atoms with Gasteiger partial charge in [-0.05, 0) is 36.6 Å². The Labute approximate surface area is 210 Å². The molecule has 0 aliphatic carbocycles. The summed E-state index contributed by atoms with van der Waals surface area (Å²) in [5.74, 6) is 0.837. The number of hydrogen-bond donors (Lipinski definition) is 0. The van der Waals surface area contributed by atoms with Crippen LogP contribution in [0, 0.1) is 0 Å². The van der Waals surface area contributed by atoms with Crippen molar-refractivity contribution in [3.8, 4) is 11.5 Å². The Morgan fingerprint density at radius 1 is 1.06 bits per heavy atom. The number of amidine groups is 1. The van der Waals surface area contributed by atoms with E-state index in [1.807, 2.05) is 34.3 Å². The van der Waals surface area contributed by atoms with Crippen LogP contribution in [0.1, 0.15) is 31.4 Å². The standard InChI is InChI=1S/C25H32N4O5S/c1-6-20-22(24(31)34-5)23(16-11-18(32-3)14-19(12-16)33-4)29-17(15-35-25(29)26-20)13-21(30)28-9-7-27(2)8-10-28/h11-12,14-15,23H,6-10,13H2,1-5H3. The van der Waals surface area contributed by atoms with Crippen molar-refractivity contribution >= 4 is 28.8 Å². The molecule has 1 atom stereocenters. The summed E-state index contributed by atoms with van der Waals surface area (Å²) in [6, 6.07) is 5.02. The molecule has 3 aliphatic rings. The van der Waals surface area contributed by atoms with Crippen molar-refractivity contribution in [2.75, 3.05) is 54.6 Å². The summed E-state index contributed by atoms with van der Waals surface area (Å²) in [4.78, 5) is 37.2. The Balaban J connectivity index is 1.75. The Bertz CT molecular complexity index is 1070. The summed E-state index contributed by atoms with van der Waals surface area (Å²) >= 11 is 1.47. The van der Waals surface area contributed by atoms with Crippen molar-refractivity contribution in [2.24, 2.45) is 4.99 Å². The van der Waals surface area contributed by atoms with Gasteiger partial charge < -0.3 is 28.9 Å². The van der Waals surface area contributed by atoms with Crippen LogP contribution in [0.2, 0.25) is 0 Å². The van der Waals surface area contributed by atoms with Gasteiger partial charge in [0.1, 0.15) is 11.5 Å². The van der Waals surface area contributed by atoms with Crippen molar-refractivity contribution in [1.82, 2.24) is 14.7 Å². The van der Waals surface area contributed by atoms with Crippen LogP contribution in [0.5, 0.6) is 11.5 Å². The number of methoxy groups -OCH3 is 3. The van der Waals surface area contributed by atoms with E-state index in [9.17, 15) is 9.59 Å². The maximum absolute atomic E-state index is 13.2. The summed E-state index contributed by atoms with van der Waals surface area (Å²) in [5.41, 5.74) is 2.72. The largest absolute Gasteiger partial charge is 0.497 e. The number of ether oxygens (including phenoxy) is 3. The van der Waals surface area contributed by atoms with Crippen LogP contribution < -0.4 is 9.47 Å². The predicted molar refractivity (Wildman–Crippen MR) is 135 cm³/mol. The molecule has 4 rings (SSSR count). The molecule has 1 fully saturated rings. The molecule has 0 N–H and O–H groups in total. The van der Waals surface area contributed by atoms with E-state index in [2.05, 4.69) is 11.9 Å². The molecule has 9 nitrogen and oxygen atoms in total. The van der Waals surface area contributed by atoms with E-state index in [0.717, 1.165) is 29.5 Å². The minimum atomic E-state index is -0.532. The molecule has 1 amide bonds. The van der Waals surface area contributed by atoms with E-state index < -0.39 is 12.0 Å². The zero-order chi connectivity index (χ0) is 25.1. The van der Waals surface area contributed by atoms with Crippen LogP contribution in [0.15, 0.2) is 45.6 Å². The highest BCUT2D eigenvalue weighted by Gasteiger charge is 2.42. The number of carbonyl (C=O) groups excluding carboxylic acids is 2. The van der Waals surface area contributed by atoms with Gasteiger partial charge in [0.25, 0.3) is 0 Å². The van der Waals surface area contributed by atoms with Crippen LogP contribution in [0.25, 0.3) is 0 Å². The number of thioether (sulfide) groups is 1. The molecule has 0 radical (unpaired) electrons. The topological polar surface area (TPSA) is 83.9 Å². The quantitative estimate of drug-likeness (QED) is 0.529. The predicted octanol–water partition coefficient (Wildman–Crippen LogP) is 3.01. The fourth-order valence-electron chi connectivity index (χ4n) is 4.54. The van der Waals surface area contributed by atoms with Gasteiger partial charge in [-0.2, -0.15) is 0 Å². The first-order valence-electron chi connectivity index (χ1n) is 11.6. The molecule has 0 aromatic heterocycles. The zero-order valence-corrected chi connectivity index (χ0v) is 21.7. The minimum Gasteiger partial charge on any atom is -0.497 e. The lowest BCUT2D eigenvalue weighted by Gasteiger charge is -2.37. The van der Waals surface area contributed by atoms with Crippen LogP contribution in [0.3, 0.4) is 0 Å². The van der Waals surface area contributed by atoms with E-state index >= 15 is 0 Å². The third-order valence-corrected chi connectivity index (χ3v) is 7.40. The third-order valence-electron chi connectivity index (χ3n) is 6.51. The number of benzene rings is 1. The first-order valence-corrected chi connectivity index (χ1v) is 12.5. The van der Waals surface area contributed by atoms with Crippen molar-refractivity contribution in [3.05, 3.63) is 46.1 Å². The van der Waals surface area contributed by atoms with Crippen LogP contribution in [-0.4, -0.2) is 86.3 Å². The van der Waals surface area contributed by atoms with E-state index in [0.29, 0.717) is 42.3 Å². The summed E-state index contributed by atoms with van der Waals surface area (Å²) in [5, 5.41) is 2.70. The SMILES string of the molecule is CCC1=C(C(=O)OC)C(c2cc(OC)cc(OC)c2)N2C(CC(=O)N3CCN(C)CC3)=CSC2=N1. The van der Waals surface area contributed by atoms with Gasteiger partial charge in [0.15, 0.2) is 5.17 Å². The second-order valence-corrected chi connectivity index (χ2v) is 9.44. The van der Waals surface area contributed by atoms with E-state index in [-0.39, 0.29) is 12.3 Å². The van der Waals surface area contributed by atoms with Gasteiger partial charge in [-0.3, -0.25) is 4.79 Å². The lowest BCUT2D eigenvalue weighted by Crippen LogP contribution is -2.47.